The van der Waals surface area contributed by atoms with Crippen molar-refractivity contribution >= 4 is 23.3 Å². The van der Waals surface area contributed by atoms with Gasteiger partial charge in [-0.1, -0.05) is 29.4 Å². The number of ether oxygens (including phenoxy) is 1. The SMILES string of the molecule is C=CCN1C(=O)/C(=N/OC(C)C(=O)OCC)c2ccccc21. The summed E-state index contributed by atoms with van der Waals surface area (Å²) in [6.07, 6.45) is 0.764. The second-order valence-electron chi connectivity index (χ2n) is 4.66. The largest absolute Gasteiger partial charge is 0.463 e. The number of amides is 1. The third-order valence-corrected chi connectivity index (χ3v) is 3.13. The van der Waals surface area contributed by atoms with Gasteiger partial charge in [-0.3, -0.25) is 4.79 Å². The van der Waals surface area contributed by atoms with Gasteiger partial charge in [0, 0.05) is 12.1 Å². The van der Waals surface area contributed by atoms with Crippen molar-refractivity contribution < 1.29 is 19.2 Å². The number of carbonyl (C=O) groups excluding carboxylic acids is 2. The molecule has 1 unspecified atom stereocenters. The molecule has 1 heterocycles. The Balaban J connectivity index is 2.24. The topological polar surface area (TPSA) is 68.2 Å². The molecule has 0 N–H and O–H groups in total. The minimum atomic E-state index is -0.874. The molecule has 6 heteroatoms. The molecule has 22 heavy (non-hydrogen) atoms. The molecule has 0 aliphatic carbocycles. The van der Waals surface area contributed by atoms with Gasteiger partial charge < -0.3 is 14.5 Å². The number of rotatable bonds is 6. The van der Waals surface area contributed by atoms with E-state index in [0.29, 0.717) is 12.1 Å². The van der Waals surface area contributed by atoms with Crippen molar-refractivity contribution in [3.8, 4) is 0 Å². The lowest BCUT2D eigenvalue weighted by atomic mass is 10.1. The van der Waals surface area contributed by atoms with Crippen molar-refractivity contribution in [2.45, 2.75) is 20.0 Å². The monoisotopic (exact) mass is 302 g/mol. The van der Waals surface area contributed by atoms with Crippen molar-refractivity contribution in [2.75, 3.05) is 18.1 Å². The van der Waals surface area contributed by atoms with Gasteiger partial charge in [-0.15, -0.1) is 6.58 Å². The highest BCUT2D eigenvalue weighted by Gasteiger charge is 2.34. The molecule has 0 bridgehead atoms. The minimum Gasteiger partial charge on any atom is -0.463 e. The van der Waals surface area contributed by atoms with E-state index in [0.717, 1.165) is 5.69 Å². The lowest BCUT2D eigenvalue weighted by Crippen LogP contribution is -2.30. The maximum atomic E-state index is 12.4. The molecule has 116 valence electrons. The molecule has 1 aliphatic heterocycles. The maximum Gasteiger partial charge on any atom is 0.349 e. The van der Waals surface area contributed by atoms with E-state index in [9.17, 15) is 9.59 Å². The van der Waals surface area contributed by atoms with Crippen LogP contribution in [-0.4, -0.2) is 36.8 Å². The van der Waals surface area contributed by atoms with Gasteiger partial charge in [-0.2, -0.15) is 0 Å². The highest BCUT2D eigenvalue weighted by atomic mass is 16.7. The van der Waals surface area contributed by atoms with E-state index in [4.69, 9.17) is 9.57 Å². The number of anilines is 1. The molecular weight excluding hydrogens is 284 g/mol. The van der Waals surface area contributed by atoms with Gasteiger partial charge in [0.15, 0.2) is 5.71 Å². The number of fused-ring (bicyclic) bond motifs is 1. The molecule has 0 aromatic heterocycles. The van der Waals surface area contributed by atoms with Crippen LogP contribution in [0.25, 0.3) is 0 Å². The average molecular weight is 302 g/mol. The smallest absolute Gasteiger partial charge is 0.349 e. The Kier molecular flexibility index (Phi) is 4.93. The maximum absolute atomic E-state index is 12.4. The fourth-order valence-electron chi connectivity index (χ4n) is 2.09. The molecule has 1 amide bonds. The second-order valence-corrected chi connectivity index (χ2v) is 4.66. The van der Waals surface area contributed by atoms with Gasteiger partial charge in [0.25, 0.3) is 5.91 Å². The van der Waals surface area contributed by atoms with E-state index < -0.39 is 12.1 Å². The minimum absolute atomic E-state index is 0.175. The van der Waals surface area contributed by atoms with Crippen molar-refractivity contribution in [3.63, 3.8) is 0 Å². The summed E-state index contributed by atoms with van der Waals surface area (Å²) in [6.45, 7) is 7.52. The molecule has 0 radical (unpaired) electrons. The second kappa shape index (κ2) is 6.89. The number of benzene rings is 1. The van der Waals surface area contributed by atoms with Gasteiger partial charge in [0.1, 0.15) is 0 Å². The predicted octanol–water partition coefficient (Wildman–Crippen LogP) is 1.89. The number of carbonyl (C=O) groups is 2. The van der Waals surface area contributed by atoms with E-state index in [-0.39, 0.29) is 18.2 Å². The van der Waals surface area contributed by atoms with Gasteiger partial charge in [-0.05, 0) is 19.9 Å². The first kappa shape index (κ1) is 15.8. The summed E-state index contributed by atoms with van der Waals surface area (Å²) in [5.41, 5.74) is 1.59. The molecule has 1 aromatic rings. The molecule has 0 saturated heterocycles. The Labute approximate surface area is 129 Å². The molecule has 6 nitrogen and oxygen atoms in total. The summed E-state index contributed by atoms with van der Waals surface area (Å²) >= 11 is 0. The zero-order valence-corrected chi connectivity index (χ0v) is 12.6. The van der Waals surface area contributed by atoms with Crippen LogP contribution in [0, 0.1) is 0 Å². The Morgan fingerprint density at radius 3 is 2.86 bits per heavy atom. The van der Waals surface area contributed by atoms with Crippen LogP contribution in [0.3, 0.4) is 0 Å². The third-order valence-electron chi connectivity index (χ3n) is 3.13. The standard InChI is InChI=1S/C16H18N2O4/c1-4-10-18-13-9-7-6-8-12(13)14(15(18)19)17-22-11(3)16(20)21-5-2/h4,6-9,11H,1,5,10H2,2-3H3/b17-14+. The first-order chi connectivity index (χ1) is 10.6. The summed E-state index contributed by atoms with van der Waals surface area (Å²) in [6, 6.07) is 7.27. The van der Waals surface area contributed by atoms with Crippen molar-refractivity contribution in [1.82, 2.24) is 0 Å². The van der Waals surface area contributed by atoms with Crippen LogP contribution < -0.4 is 4.90 Å². The first-order valence-electron chi connectivity index (χ1n) is 7.02. The fraction of sp³-hybridized carbons (Fsp3) is 0.312. The van der Waals surface area contributed by atoms with Crippen LogP contribution in [0.15, 0.2) is 42.1 Å². The zero-order valence-electron chi connectivity index (χ0n) is 12.6. The molecule has 0 spiro atoms. The number of hydrogen-bond acceptors (Lipinski definition) is 5. The van der Waals surface area contributed by atoms with Crippen molar-refractivity contribution in [2.24, 2.45) is 5.16 Å². The van der Waals surface area contributed by atoms with E-state index in [1.165, 1.54) is 6.92 Å². The van der Waals surface area contributed by atoms with Crippen LogP contribution in [0.2, 0.25) is 0 Å². The Bertz CT molecular complexity index is 624. The number of para-hydroxylation sites is 1. The molecule has 2 rings (SSSR count). The quantitative estimate of drug-likeness (QED) is 0.457. The van der Waals surface area contributed by atoms with E-state index in [2.05, 4.69) is 11.7 Å². The number of hydrogen-bond donors (Lipinski definition) is 0. The molecule has 0 saturated carbocycles. The highest BCUT2D eigenvalue weighted by molar-refractivity contribution is 6.54. The summed E-state index contributed by atoms with van der Waals surface area (Å²) < 4.78 is 4.83. The highest BCUT2D eigenvalue weighted by Crippen LogP contribution is 2.29. The van der Waals surface area contributed by atoms with E-state index >= 15 is 0 Å². The molecule has 1 atom stereocenters. The predicted molar refractivity (Wildman–Crippen MR) is 82.7 cm³/mol. The molecule has 1 aromatic carbocycles. The Morgan fingerprint density at radius 2 is 2.18 bits per heavy atom. The average Bonchev–Trinajstić information content (AvgIpc) is 2.78. The van der Waals surface area contributed by atoms with E-state index in [1.807, 2.05) is 18.2 Å². The van der Waals surface area contributed by atoms with Crippen LogP contribution >= 0.6 is 0 Å². The number of esters is 1. The van der Waals surface area contributed by atoms with Gasteiger partial charge in [0.05, 0.1) is 12.3 Å². The van der Waals surface area contributed by atoms with Crippen LogP contribution in [-0.2, 0) is 19.2 Å². The van der Waals surface area contributed by atoms with Gasteiger partial charge >= 0.3 is 5.97 Å². The summed E-state index contributed by atoms with van der Waals surface area (Å²) in [7, 11) is 0. The fourth-order valence-corrected chi connectivity index (χ4v) is 2.09. The van der Waals surface area contributed by atoms with E-state index in [1.54, 1.807) is 24.0 Å². The molecule has 0 fully saturated rings. The Morgan fingerprint density at radius 1 is 1.45 bits per heavy atom. The van der Waals surface area contributed by atoms with Gasteiger partial charge in [0.2, 0.25) is 6.10 Å². The van der Waals surface area contributed by atoms with Crippen LogP contribution in [0.1, 0.15) is 19.4 Å². The number of oxime groups is 1. The Hall–Kier alpha value is -2.63. The first-order valence-corrected chi connectivity index (χ1v) is 7.02. The number of nitrogens with zero attached hydrogens (tertiary/aromatic N) is 2. The lowest BCUT2D eigenvalue weighted by molar-refractivity contribution is -0.155. The third kappa shape index (κ3) is 3.00. The summed E-state index contributed by atoms with van der Waals surface area (Å²) in [5.74, 6) is -0.800. The summed E-state index contributed by atoms with van der Waals surface area (Å²) in [4.78, 5) is 30.6. The van der Waals surface area contributed by atoms with Gasteiger partial charge in [-0.25, -0.2) is 4.79 Å². The van der Waals surface area contributed by atoms with Crippen molar-refractivity contribution in [3.05, 3.63) is 42.5 Å². The van der Waals surface area contributed by atoms with Crippen LogP contribution in [0.5, 0.6) is 0 Å². The zero-order chi connectivity index (χ0) is 16.1. The molecular formula is C16H18N2O4. The molecule has 1 aliphatic rings. The lowest BCUT2D eigenvalue weighted by Gasteiger charge is -2.13. The summed E-state index contributed by atoms with van der Waals surface area (Å²) in [5, 5.41) is 3.87. The van der Waals surface area contributed by atoms with Crippen molar-refractivity contribution in [1.29, 1.82) is 0 Å². The van der Waals surface area contributed by atoms with Crippen LogP contribution in [0.4, 0.5) is 5.69 Å². The normalized spacial score (nSPS) is 16.4.